The largest absolute Gasteiger partial charge is 0.492 e. The quantitative estimate of drug-likeness (QED) is 0.150. The van der Waals surface area contributed by atoms with Crippen molar-refractivity contribution < 1.29 is 24.2 Å². The number of aliphatic carboxylic acids is 1. The fourth-order valence-electron chi connectivity index (χ4n) is 4.66. The number of halogens is 1. The monoisotopic (exact) mass is 598 g/mol. The number of carbonyl (C=O) groups is 3. The Kier molecular flexibility index (Phi) is 10.9. The molecule has 0 spiro atoms. The lowest BCUT2D eigenvalue weighted by molar-refractivity contribution is -0.137. The van der Waals surface area contributed by atoms with Gasteiger partial charge in [0.15, 0.2) is 5.78 Å². The second kappa shape index (κ2) is 15.0. The molecule has 0 aliphatic carbocycles. The fourth-order valence-corrected chi connectivity index (χ4v) is 4.90. The molecular formula is C35H35ClN2O5. The molecule has 222 valence electrons. The highest BCUT2D eigenvalue weighted by Crippen LogP contribution is 2.27. The summed E-state index contributed by atoms with van der Waals surface area (Å²) in [5.41, 5.74) is 2.82. The lowest BCUT2D eigenvalue weighted by Gasteiger charge is -2.25. The Bertz CT molecular complexity index is 1540. The number of hydrogen-bond acceptors (Lipinski definition) is 5. The summed E-state index contributed by atoms with van der Waals surface area (Å²) in [5, 5.41) is 13.5. The number of rotatable bonds is 14. The summed E-state index contributed by atoms with van der Waals surface area (Å²) < 4.78 is 5.93. The zero-order chi connectivity index (χ0) is 30.8. The van der Waals surface area contributed by atoms with Crippen molar-refractivity contribution >= 4 is 40.6 Å². The van der Waals surface area contributed by atoms with Crippen LogP contribution < -0.4 is 15.0 Å². The van der Waals surface area contributed by atoms with Gasteiger partial charge in [-0.15, -0.1) is 0 Å². The van der Waals surface area contributed by atoms with Crippen LogP contribution in [-0.2, 0) is 16.0 Å². The summed E-state index contributed by atoms with van der Waals surface area (Å²) in [4.78, 5) is 39.9. The number of amides is 1. The summed E-state index contributed by atoms with van der Waals surface area (Å²) in [5.74, 6) is -0.451. The molecule has 0 saturated heterocycles. The minimum absolute atomic E-state index is 0.0266. The van der Waals surface area contributed by atoms with Crippen LogP contribution in [0.2, 0.25) is 5.02 Å². The third-order valence-corrected chi connectivity index (χ3v) is 7.13. The molecule has 2 N–H and O–H groups in total. The smallest absolute Gasteiger partial charge is 0.326 e. The minimum atomic E-state index is -1.03. The van der Waals surface area contributed by atoms with Gasteiger partial charge in [-0.1, -0.05) is 92.2 Å². The molecule has 0 aromatic heterocycles. The molecule has 1 unspecified atom stereocenters. The SMILES string of the molecule is CC(C)CC(=O)N(CCOc1ccc(CC(Nc2ccccc2C(=O)c2ccccc2)C(=O)O)cc1)c1ccccc1Cl. The second-order valence-corrected chi connectivity index (χ2v) is 11.0. The van der Waals surface area contributed by atoms with Crippen LogP contribution in [0.25, 0.3) is 0 Å². The van der Waals surface area contributed by atoms with Crippen LogP contribution in [0.4, 0.5) is 11.4 Å². The third kappa shape index (κ3) is 8.69. The minimum Gasteiger partial charge on any atom is -0.492 e. The molecule has 8 heteroatoms. The van der Waals surface area contributed by atoms with E-state index in [2.05, 4.69) is 5.32 Å². The van der Waals surface area contributed by atoms with Crippen molar-refractivity contribution in [1.82, 2.24) is 0 Å². The maximum atomic E-state index is 13.1. The Hall–Kier alpha value is -4.62. The molecule has 7 nitrogen and oxygen atoms in total. The lowest BCUT2D eigenvalue weighted by atomic mass is 10.00. The Balaban J connectivity index is 1.40. The van der Waals surface area contributed by atoms with Crippen molar-refractivity contribution in [2.75, 3.05) is 23.4 Å². The van der Waals surface area contributed by atoms with E-state index in [0.29, 0.717) is 46.2 Å². The van der Waals surface area contributed by atoms with Gasteiger partial charge in [-0.3, -0.25) is 9.59 Å². The van der Waals surface area contributed by atoms with Gasteiger partial charge >= 0.3 is 5.97 Å². The van der Waals surface area contributed by atoms with Crippen molar-refractivity contribution in [1.29, 1.82) is 0 Å². The molecular weight excluding hydrogens is 564 g/mol. The van der Waals surface area contributed by atoms with E-state index in [9.17, 15) is 19.5 Å². The van der Waals surface area contributed by atoms with Crippen LogP contribution in [0.15, 0.2) is 103 Å². The number of nitrogens with zero attached hydrogens (tertiary/aromatic N) is 1. The van der Waals surface area contributed by atoms with Crippen molar-refractivity contribution in [3.05, 3.63) is 125 Å². The van der Waals surface area contributed by atoms with Gasteiger partial charge in [0.05, 0.1) is 17.3 Å². The summed E-state index contributed by atoms with van der Waals surface area (Å²) in [7, 11) is 0. The zero-order valence-electron chi connectivity index (χ0n) is 24.2. The Morgan fingerprint density at radius 3 is 2.19 bits per heavy atom. The number of carboxylic acids is 1. The molecule has 0 fully saturated rings. The molecule has 0 heterocycles. The van der Waals surface area contributed by atoms with Crippen molar-refractivity contribution in [2.24, 2.45) is 5.92 Å². The normalized spacial score (nSPS) is 11.5. The molecule has 43 heavy (non-hydrogen) atoms. The average Bonchev–Trinajstić information content (AvgIpc) is 3.00. The number of ether oxygens (including phenoxy) is 1. The Morgan fingerprint density at radius 1 is 0.860 bits per heavy atom. The predicted molar refractivity (Wildman–Crippen MR) is 170 cm³/mol. The molecule has 4 aromatic carbocycles. The molecule has 0 aliphatic heterocycles. The number of carboxylic acid groups (broad SMARTS) is 1. The maximum Gasteiger partial charge on any atom is 0.326 e. The van der Waals surface area contributed by atoms with Crippen molar-refractivity contribution in [2.45, 2.75) is 32.7 Å². The van der Waals surface area contributed by atoms with E-state index < -0.39 is 12.0 Å². The van der Waals surface area contributed by atoms with Gasteiger partial charge in [0.2, 0.25) is 5.91 Å². The van der Waals surface area contributed by atoms with Crippen molar-refractivity contribution in [3.63, 3.8) is 0 Å². The van der Waals surface area contributed by atoms with E-state index in [0.717, 1.165) is 5.56 Å². The van der Waals surface area contributed by atoms with Gasteiger partial charge in [-0.25, -0.2) is 4.79 Å². The summed E-state index contributed by atoms with van der Waals surface area (Å²) >= 11 is 6.38. The van der Waals surface area contributed by atoms with Crippen LogP contribution >= 0.6 is 11.6 Å². The summed E-state index contributed by atoms with van der Waals surface area (Å²) in [6, 6.07) is 29.2. The number of benzene rings is 4. The second-order valence-electron chi connectivity index (χ2n) is 10.6. The number of ketones is 1. The van der Waals surface area contributed by atoms with Gasteiger partial charge in [-0.05, 0) is 47.9 Å². The van der Waals surface area contributed by atoms with Crippen LogP contribution in [0.5, 0.6) is 5.75 Å². The van der Waals surface area contributed by atoms with Crippen LogP contribution in [0, 0.1) is 5.92 Å². The van der Waals surface area contributed by atoms with E-state index in [1.165, 1.54) is 0 Å². The van der Waals surface area contributed by atoms with Gasteiger partial charge in [0.25, 0.3) is 0 Å². The highest BCUT2D eigenvalue weighted by molar-refractivity contribution is 6.33. The first-order valence-electron chi connectivity index (χ1n) is 14.2. The van der Waals surface area contributed by atoms with E-state index >= 15 is 0 Å². The lowest BCUT2D eigenvalue weighted by Crippen LogP contribution is -2.35. The van der Waals surface area contributed by atoms with E-state index in [4.69, 9.17) is 16.3 Å². The Morgan fingerprint density at radius 2 is 1.51 bits per heavy atom. The van der Waals surface area contributed by atoms with Crippen LogP contribution in [0.1, 0.15) is 41.8 Å². The molecule has 4 rings (SSSR count). The molecule has 1 amide bonds. The molecule has 0 radical (unpaired) electrons. The van der Waals surface area contributed by atoms with E-state index in [-0.39, 0.29) is 30.6 Å². The topological polar surface area (TPSA) is 95.9 Å². The first-order chi connectivity index (χ1) is 20.7. The highest BCUT2D eigenvalue weighted by Gasteiger charge is 2.22. The summed E-state index contributed by atoms with van der Waals surface area (Å²) in [6.07, 6.45) is 0.580. The van der Waals surface area contributed by atoms with Gasteiger partial charge in [0.1, 0.15) is 18.4 Å². The van der Waals surface area contributed by atoms with E-state index in [1.54, 1.807) is 71.6 Å². The molecule has 1 atom stereocenters. The van der Waals surface area contributed by atoms with E-state index in [1.807, 2.05) is 50.2 Å². The van der Waals surface area contributed by atoms with Crippen molar-refractivity contribution in [3.8, 4) is 5.75 Å². The van der Waals surface area contributed by atoms with Crippen LogP contribution in [0.3, 0.4) is 0 Å². The Labute approximate surface area is 257 Å². The number of nitrogens with one attached hydrogen (secondary N) is 1. The number of anilines is 2. The maximum absolute atomic E-state index is 13.1. The van der Waals surface area contributed by atoms with Crippen LogP contribution in [-0.4, -0.2) is 42.0 Å². The van der Waals surface area contributed by atoms with Gasteiger partial charge in [-0.2, -0.15) is 0 Å². The first kappa shape index (κ1) is 31.3. The number of carbonyl (C=O) groups excluding carboxylic acids is 2. The third-order valence-electron chi connectivity index (χ3n) is 6.81. The number of hydrogen-bond donors (Lipinski definition) is 2. The zero-order valence-corrected chi connectivity index (χ0v) is 25.0. The summed E-state index contributed by atoms with van der Waals surface area (Å²) in [6.45, 7) is 4.56. The molecule has 0 bridgehead atoms. The van der Waals surface area contributed by atoms with Gasteiger partial charge < -0.3 is 20.1 Å². The predicted octanol–water partition coefficient (Wildman–Crippen LogP) is 7.14. The standard InChI is InChI=1S/C35H35ClN2O5/c1-24(2)22-33(39)38(32-15-9-7-13-29(32)36)20-21-43-27-18-16-25(17-19-27)23-31(35(41)42)37-30-14-8-6-12-28(30)34(40)26-10-4-3-5-11-26/h3-19,24,31,37H,20-23H2,1-2H3,(H,41,42). The molecule has 0 saturated carbocycles. The average molecular weight is 599 g/mol. The molecule has 0 aliphatic rings. The highest BCUT2D eigenvalue weighted by atomic mass is 35.5. The number of para-hydroxylation sites is 2. The first-order valence-corrected chi connectivity index (χ1v) is 14.6. The van der Waals surface area contributed by atoms with Gasteiger partial charge in [0, 0.05) is 29.7 Å². The fraction of sp³-hybridized carbons (Fsp3) is 0.229. The molecule has 4 aromatic rings.